The highest BCUT2D eigenvalue weighted by Crippen LogP contribution is 2.49. The summed E-state index contributed by atoms with van der Waals surface area (Å²) < 4.78 is 23.2. The first-order valence-electron chi connectivity index (χ1n) is 7.83. The smallest absolute Gasteiger partial charge is 0.163 e. The fourth-order valence-corrected chi connectivity index (χ4v) is 4.21. The van der Waals surface area contributed by atoms with Gasteiger partial charge in [0.15, 0.2) is 5.79 Å². The highest BCUT2D eigenvalue weighted by molar-refractivity contribution is 5.27. The summed E-state index contributed by atoms with van der Waals surface area (Å²) in [5.74, 6) is 0.333. The van der Waals surface area contributed by atoms with E-state index in [2.05, 4.69) is 12.2 Å². The van der Waals surface area contributed by atoms with Crippen molar-refractivity contribution >= 4 is 0 Å². The van der Waals surface area contributed by atoms with Crippen LogP contribution in [0.25, 0.3) is 0 Å². The van der Waals surface area contributed by atoms with Crippen molar-refractivity contribution in [1.82, 2.24) is 0 Å². The van der Waals surface area contributed by atoms with Gasteiger partial charge in [0.25, 0.3) is 0 Å². The zero-order chi connectivity index (χ0) is 15.0. The van der Waals surface area contributed by atoms with Gasteiger partial charge in [-0.25, -0.2) is 0 Å². The van der Waals surface area contributed by atoms with Gasteiger partial charge in [-0.2, -0.15) is 0 Å². The highest BCUT2D eigenvalue weighted by atomic mass is 16.8. The van der Waals surface area contributed by atoms with Crippen molar-refractivity contribution in [3.63, 3.8) is 0 Å². The Balaban J connectivity index is 1.91. The number of fused-ring (bicyclic) bond motifs is 3. The van der Waals surface area contributed by atoms with Crippen LogP contribution >= 0.6 is 0 Å². The normalized spacial score (nSPS) is 41.5. The third-order valence-corrected chi connectivity index (χ3v) is 4.97. The van der Waals surface area contributed by atoms with Crippen LogP contribution in [0.2, 0.25) is 0 Å². The Labute approximate surface area is 127 Å². The van der Waals surface area contributed by atoms with Gasteiger partial charge in [-0.3, -0.25) is 0 Å². The molecule has 0 aromatic heterocycles. The molecule has 0 aromatic carbocycles. The Morgan fingerprint density at radius 2 is 2.05 bits per heavy atom. The van der Waals surface area contributed by atoms with Crippen LogP contribution < -0.4 is 0 Å². The van der Waals surface area contributed by atoms with Gasteiger partial charge in [-0.05, 0) is 50.7 Å². The molecule has 5 atom stereocenters. The summed E-state index contributed by atoms with van der Waals surface area (Å²) in [6.45, 7) is 4.01. The van der Waals surface area contributed by atoms with Gasteiger partial charge in [-0.1, -0.05) is 6.08 Å². The summed E-state index contributed by atoms with van der Waals surface area (Å²) in [4.78, 5) is 0. The summed E-state index contributed by atoms with van der Waals surface area (Å²) in [5, 5.41) is 0. The standard InChI is InChI=1S/C17H26O4/c1-17(2)20-14-7-5-11(9-10-18-3)12-6-8-13(19-4)15(12)16(14)21-17/h5,9-10,12-16H,6-8H2,1-4H3/t12-,13-,14-,15+,16-/m0/s1. The van der Waals surface area contributed by atoms with E-state index < -0.39 is 5.79 Å². The molecule has 1 saturated carbocycles. The van der Waals surface area contributed by atoms with Crippen LogP contribution in [0.5, 0.6) is 0 Å². The summed E-state index contributed by atoms with van der Waals surface area (Å²) in [7, 11) is 3.49. The van der Waals surface area contributed by atoms with E-state index in [4.69, 9.17) is 18.9 Å². The zero-order valence-corrected chi connectivity index (χ0v) is 13.4. The Bertz CT molecular complexity index is 440. The van der Waals surface area contributed by atoms with Crippen LogP contribution in [0.3, 0.4) is 0 Å². The number of allylic oxidation sites excluding steroid dienone is 2. The summed E-state index contributed by atoms with van der Waals surface area (Å²) in [6.07, 6.45) is 9.73. The molecule has 0 radical (unpaired) electrons. The molecule has 0 bridgehead atoms. The van der Waals surface area contributed by atoms with Crippen molar-refractivity contribution < 1.29 is 18.9 Å². The fourth-order valence-electron chi connectivity index (χ4n) is 4.21. The lowest BCUT2D eigenvalue weighted by molar-refractivity contribution is -0.155. The number of rotatable bonds is 3. The van der Waals surface area contributed by atoms with E-state index in [1.807, 2.05) is 21.0 Å². The molecule has 0 N–H and O–H groups in total. The monoisotopic (exact) mass is 294 g/mol. The van der Waals surface area contributed by atoms with Gasteiger partial charge in [0.1, 0.15) is 0 Å². The van der Waals surface area contributed by atoms with E-state index in [9.17, 15) is 0 Å². The number of methoxy groups -OCH3 is 2. The van der Waals surface area contributed by atoms with Crippen molar-refractivity contribution in [2.24, 2.45) is 11.8 Å². The minimum atomic E-state index is -0.492. The highest BCUT2D eigenvalue weighted by Gasteiger charge is 2.53. The molecule has 118 valence electrons. The number of ether oxygens (including phenoxy) is 4. The van der Waals surface area contributed by atoms with Gasteiger partial charge in [-0.15, -0.1) is 0 Å². The first kappa shape index (κ1) is 15.1. The topological polar surface area (TPSA) is 36.9 Å². The number of hydrogen-bond donors (Lipinski definition) is 0. The molecule has 0 spiro atoms. The second-order valence-corrected chi connectivity index (χ2v) is 6.65. The molecule has 0 aromatic rings. The molecule has 0 unspecified atom stereocenters. The molecule has 0 amide bonds. The van der Waals surface area contributed by atoms with Gasteiger partial charge in [0.05, 0.1) is 31.7 Å². The fraction of sp³-hybridized carbons (Fsp3) is 0.765. The molecule has 3 aliphatic rings. The predicted octanol–water partition coefficient (Wildman–Crippen LogP) is 3.04. The lowest BCUT2D eigenvalue weighted by Gasteiger charge is -2.30. The molecule has 1 aliphatic heterocycles. The van der Waals surface area contributed by atoms with Crippen molar-refractivity contribution in [1.29, 1.82) is 0 Å². The molecule has 2 aliphatic carbocycles. The first-order valence-corrected chi connectivity index (χ1v) is 7.83. The third-order valence-electron chi connectivity index (χ3n) is 4.97. The largest absolute Gasteiger partial charge is 0.504 e. The molecule has 1 heterocycles. The molecule has 4 nitrogen and oxygen atoms in total. The summed E-state index contributed by atoms with van der Waals surface area (Å²) >= 11 is 0. The second-order valence-electron chi connectivity index (χ2n) is 6.65. The molecular formula is C17H26O4. The molecule has 3 rings (SSSR count). The van der Waals surface area contributed by atoms with Crippen molar-refractivity contribution in [3.05, 3.63) is 24.0 Å². The van der Waals surface area contributed by atoms with E-state index in [1.54, 1.807) is 13.4 Å². The van der Waals surface area contributed by atoms with E-state index in [-0.39, 0.29) is 18.3 Å². The van der Waals surface area contributed by atoms with Crippen LogP contribution in [-0.4, -0.2) is 38.3 Å². The minimum absolute atomic E-state index is 0.113. The molecule has 2 fully saturated rings. The maximum absolute atomic E-state index is 6.24. The van der Waals surface area contributed by atoms with Crippen LogP contribution in [-0.2, 0) is 18.9 Å². The van der Waals surface area contributed by atoms with Gasteiger partial charge < -0.3 is 18.9 Å². The summed E-state index contributed by atoms with van der Waals surface area (Å²) in [5.41, 5.74) is 1.33. The average Bonchev–Trinajstić information content (AvgIpc) is 2.95. The van der Waals surface area contributed by atoms with Gasteiger partial charge >= 0.3 is 0 Å². The van der Waals surface area contributed by atoms with Crippen LogP contribution in [0, 0.1) is 11.8 Å². The Hall–Kier alpha value is -0.840. The van der Waals surface area contributed by atoms with Crippen molar-refractivity contribution in [2.45, 2.75) is 57.2 Å². The lowest BCUT2D eigenvalue weighted by Crippen LogP contribution is -2.38. The van der Waals surface area contributed by atoms with Gasteiger partial charge in [0, 0.05) is 13.0 Å². The van der Waals surface area contributed by atoms with Crippen LogP contribution in [0.4, 0.5) is 0 Å². The van der Waals surface area contributed by atoms with Crippen LogP contribution in [0.1, 0.15) is 33.1 Å². The Kier molecular flexibility index (Phi) is 4.12. The maximum Gasteiger partial charge on any atom is 0.163 e. The lowest BCUT2D eigenvalue weighted by atomic mass is 9.84. The van der Waals surface area contributed by atoms with E-state index >= 15 is 0 Å². The Morgan fingerprint density at radius 3 is 2.76 bits per heavy atom. The summed E-state index contributed by atoms with van der Waals surface area (Å²) in [6, 6.07) is 0. The first-order chi connectivity index (χ1) is 10.1. The van der Waals surface area contributed by atoms with Gasteiger partial charge in [0.2, 0.25) is 0 Å². The number of hydrogen-bond acceptors (Lipinski definition) is 4. The SMILES string of the molecule is COC=CC1=CC[C@@H]2OC(C)(C)O[C@@H]2[C@H]2[C@@H](OC)CC[C@@H]12. The third kappa shape index (κ3) is 2.77. The molecule has 1 saturated heterocycles. The quantitative estimate of drug-likeness (QED) is 0.750. The van der Waals surface area contributed by atoms with E-state index in [0.717, 1.165) is 19.3 Å². The van der Waals surface area contributed by atoms with E-state index in [1.165, 1.54) is 5.57 Å². The zero-order valence-electron chi connectivity index (χ0n) is 13.4. The minimum Gasteiger partial charge on any atom is -0.504 e. The molecular weight excluding hydrogens is 268 g/mol. The van der Waals surface area contributed by atoms with Crippen molar-refractivity contribution in [3.8, 4) is 0 Å². The second kappa shape index (κ2) is 5.75. The van der Waals surface area contributed by atoms with E-state index in [0.29, 0.717) is 11.8 Å². The van der Waals surface area contributed by atoms with Crippen LogP contribution in [0.15, 0.2) is 24.0 Å². The average molecular weight is 294 g/mol. The predicted molar refractivity (Wildman–Crippen MR) is 79.7 cm³/mol. The van der Waals surface area contributed by atoms with Crippen molar-refractivity contribution in [2.75, 3.05) is 14.2 Å². The molecule has 4 heteroatoms. The maximum atomic E-state index is 6.24. The Morgan fingerprint density at radius 1 is 1.24 bits per heavy atom. The molecule has 21 heavy (non-hydrogen) atoms.